The third-order valence-electron chi connectivity index (χ3n) is 5.13. The maximum atomic E-state index is 12.5. The number of urea groups is 1. The van der Waals surface area contributed by atoms with E-state index in [2.05, 4.69) is 20.9 Å². The van der Waals surface area contributed by atoms with Crippen LogP contribution in [0.1, 0.15) is 12.0 Å². The minimum atomic E-state index is -0.488. The van der Waals surface area contributed by atoms with Crippen LogP contribution < -0.4 is 20.7 Å². The fourth-order valence-electron chi connectivity index (χ4n) is 3.51. The highest BCUT2D eigenvalue weighted by molar-refractivity contribution is 6.00. The Morgan fingerprint density at radius 2 is 1.94 bits per heavy atom. The van der Waals surface area contributed by atoms with Gasteiger partial charge in [0.1, 0.15) is 11.9 Å². The van der Waals surface area contributed by atoms with E-state index in [-0.39, 0.29) is 12.6 Å². The summed E-state index contributed by atoms with van der Waals surface area (Å²) in [4.78, 5) is 27.5. The Kier molecular flexibility index (Phi) is 7.11. The van der Waals surface area contributed by atoms with Crippen LogP contribution >= 0.6 is 0 Å². The van der Waals surface area contributed by atoms with Gasteiger partial charge in [-0.2, -0.15) is 0 Å². The van der Waals surface area contributed by atoms with Crippen LogP contribution in [0.3, 0.4) is 0 Å². The molecule has 4 rings (SSSR count). The molecule has 3 amide bonds. The Morgan fingerprint density at radius 3 is 2.67 bits per heavy atom. The van der Waals surface area contributed by atoms with Crippen molar-refractivity contribution in [1.29, 1.82) is 0 Å². The standard InChI is InChI=1S/C24H26N4O5/c1-31-22-13-18(7-8-20(22)21-6-3-10-25-21)28-23(29)27-17-5-2-4-16(12-17)14-26-24(30)33-19-9-11-32-15-19/h2-8,10,12-13,19,25H,9,11,14-15H2,1H3,(H,26,30)(H2,27,28,29)/t19-/m0/s1. The van der Waals surface area contributed by atoms with Gasteiger partial charge in [-0.15, -0.1) is 0 Å². The molecule has 2 aromatic carbocycles. The van der Waals surface area contributed by atoms with Gasteiger partial charge in [-0.05, 0) is 42.0 Å². The molecule has 1 atom stereocenters. The number of carbonyl (C=O) groups excluding carboxylic acids is 2. The van der Waals surface area contributed by atoms with Crippen LogP contribution in [0, 0.1) is 0 Å². The highest BCUT2D eigenvalue weighted by Gasteiger charge is 2.19. The van der Waals surface area contributed by atoms with Crippen molar-refractivity contribution >= 4 is 23.5 Å². The van der Waals surface area contributed by atoms with Crippen molar-refractivity contribution < 1.29 is 23.8 Å². The number of methoxy groups -OCH3 is 1. The van der Waals surface area contributed by atoms with Crippen molar-refractivity contribution in [3.63, 3.8) is 0 Å². The molecule has 172 valence electrons. The molecular weight excluding hydrogens is 424 g/mol. The molecule has 0 aliphatic carbocycles. The molecule has 1 aliphatic heterocycles. The molecule has 1 saturated heterocycles. The summed E-state index contributed by atoms with van der Waals surface area (Å²) in [5.74, 6) is 0.638. The molecule has 0 saturated carbocycles. The molecule has 4 N–H and O–H groups in total. The number of amides is 3. The molecule has 1 fully saturated rings. The van der Waals surface area contributed by atoms with E-state index in [9.17, 15) is 9.59 Å². The highest BCUT2D eigenvalue weighted by Crippen LogP contribution is 2.31. The lowest BCUT2D eigenvalue weighted by atomic mass is 10.1. The van der Waals surface area contributed by atoms with Crippen molar-refractivity contribution in [3.05, 3.63) is 66.4 Å². The second-order valence-electron chi connectivity index (χ2n) is 7.52. The first-order valence-electron chi connectivity index (χ1n) is 10.6. The van der Waals surface area contributed by atoms with Gasteiger partial charge in [-0.3, -0.25) is 0 Å². The summed E-state index contributed by atoms with van der Waals surface area (Å²) >= 11 is 0. The number of aromatic nitrogens is 1. The SMILES string of the molecule is COc1cc(NC(=O)Nc2cccc(CNC(=O)O[C@H]3CCOC3)c2)ccc1-c1ccc[nH]1. The monoisotopic (exact) mass is 450 g/mol. The second-order valence-corrected chi connectivity index (χ2v) is 7.52. The van der Waals surface area contributed by atoms with Gasteiger partial charge in [-0.1, -0.05) is 12.1 Å². The van der Waals surface area contributed by atoms with Crippen LogP contribution in [-0.2, 0) is 16.0 Å². The molecular formula is C24H26N4O5. The number of H-pyrrole nitrogens is 1. The molecule has 9 heteroatoms. The molecule has 0 unspecified atom stereocenters. The van der Waals surface area contributed by atoms with Crippen LogP contribution in [-0.4, -0.2) is 43.5 Å². The Bertz CT molecular complexity index is 1090. The molecule has 0 spiro atoms. The first kappa shape index (κ1) is 22.2. The zero-order valence-electron chi connectivity index (χ0n) is 18.2. The van der Waals surface area contributed by atoms with E-state index in [0.717, 1.165) is 16.8 Å². The van der Waals surface area contributed by atoms with Crippen molar-refractivity contribution in [1.82, 2.24) is 10.3 Å². The number of anilines is 2. The maximum absolute atomic E-state index is 12.5. The summed E-state index contributed by atoms with van der Waals surface area (Å²) in [6.45, 7) is 1.32. The molecule has 0 bridgehead atoms. The molecule has 3 aromatic rings. The van der Waals surface area contributed by atoms with E-state index in [1.807, 2.05) is 30.5 Å². The largest absolute Gasteiger partial charge is 0.496 e. The van der Waals surface area contributed by atoms with Gasteiger partial charge in [0.2, 0.25) is 0 Å². The van der Waals surface area contributed by atoms with Crippen LogP contribution in [0.4, 0.5) is 21.0 Å². The third-order valence-corrected chi connectivity index (χ3v) is 5.13. The maximum Gasteiger partial charge on any atom is 0.407 e. The minimum Gasteiger partial charge on any atom is -0.496 e. The number of aromatic amines is 1. The van der Waals surface area contributed by atoms with E-state index < -0.39 is 12.1 Å². The number of benzene rings is 2. The lowest BCUT2D eigenvalue weighted by Crippen LogP contribution is -2.28. The van der Waals surface area contributed by atoms with Crippen LogP contribution in [0.15, 0.2) is 60.8 Å². The van der Waals surface area contributed by atoms with E-state index in [1.54, 1.807) is 37.4 Å². The van der Waals surface area contributed by atoms with Gasteiger partial charge >= 0.3 is 12.1 Å². The Morgan fingerprint density at radius 1 is 1.09 bits per heavy atom. The summed E-state index contributed by atoms with van der Waals surface area (Å²) in [6.07, 6.45) is 1.86. The average Bonchev–Trinajstić information content (AvgIpc) is 3.52. The number of hydrogen-bond acceptors (Lipinski definition) is 5. The number of carbonyl (C=O) groups is 2. The molecule has 2 heterocycles. The fraction of sp³-hybridized carbons (Fsp3) is 0.250. The fourth-order valence-corrected chi connectivity index (χ4v) is 3.51. The number of hydrogen-bond donors (Lipinski definition) is 4. The molecule has 9 nitrogen and oxygen atoms in total. The van der Waals surface area contributed by atoms with E-state index in [1.165, 1.54) is 0 Å². The number of nitrogens with one attached hydrogen (secondary N) is 4. The van der Waals surface area contributed by atoms with E-state index >= 15 is 0 Å². The average molecular weight is 450 g/mol. The normalized spacial score (nSPS) is 15.0. The van der Waals surface area contributed by atoms with E-state index in [4.69, 9.17) is 14.2 Å². The predicted molar refractivity (Wildman–Crippen MR) is 124 cm³/mol. The van der Waals surface area contributed by atoms with Crippen molar-refractivity contribution in [2.45, 2.75) is 19.1 Å². The second kappa shape index (κ2) is 10.6. The highest BCUT2D eigenvalue weighted by atomic mass is 16.6. The quantitative estimate of drug-likeness (QED) is 0.427. The van der Waals surface area contributed by atoms with Gasteiger partial charge in [-0.25, -0.2) is 9.59 Å². The van der Waals surface area contributed by atoms with Gasteiger partial charge in [0, 0.05) is 47.9 Å². The Hall–Kier alpha value is -3.98. The van der Waals surface area contributed by atoms with Crippen LogP contribution in [0.25, 0.3) is 11.3 Å². The summed E-state index contributed by atoms with van der Waals surface area (Å²) in [7, 11) is 1.59. The number of alkyl carbamates (subject to hydrolysis) is 1. The van der Waals surface area contributed by atoms with Gasteiger partial charge in [0.15, 0.2) is 0 Å². The summed E-state index contributed by atoms with van der Waals surface area (Å²) < 4.78 is 15.9. The first-order chi connectivity index (χ1) is 16.1. The summed E-state index contributed by atoms with van der Waals surface area (Å²) in [6, 6.07) is 16.1. The van der Waals surface area contributed by atoms with Gasteiger partial charge in [0.05, 0.1) is 20.3 Å². The lowest BCUT2D eigenvalue weighted by Gasteiger charge is -2.13. The van der Waals surface area contributed by atoms with Crippen molar-refractivity contribution in [3.8, 4) is 17.0 Å². The van der Waals surface area contributed by atoms with Gasteiger partial charge in [0.25, 0.3) is 0 Å². The topological polar surface area (TPSA) is 114 Å². The zero-order valence-corrected chi connectivity index (χ0v) is 18.2. The van der Waals surface area contributed by atoms with Gasteiger partial charge < -0.3 is 35.1 Å². The Labute approximate surface area is 191 Å². The number of rotatable bonds is 7. The lowest BCUT2D eigenvalue weighted by molar-refractivity contribution is 0.0828. The molecule has 33 heavy (non-hydrogen) atoms. The summed E-state index contributed by atoms with van der Waals surface area (Å²) in [5.41, 5.74) is 3.83. The van der Waals surface area contributed by atoms with Crippen LogP contribution in [0.2, 0.25) is 0 Å². The summed E-state index contributed by atoms with van der Waals surface area (Å²) in [5, 5.41) is 8.32. The predicted octanol–water partition coefficient (Wildman–Crippen LogP) is 4.35. The molecule has 0 radical (unpaired) electrons. The molecule has 1 aliphatic rings. The van der Waals surface area contributed by atoms with Crippen molar-refractivity contribution in [2.75, 3.05) is 31.0 Å². The minimum absolute atomic E-state index is 0.197. The third kappa shape index (κ3) is 6.05. The zero-order chi connectivity index (χ0) is 23.0. The van der Waals surface area contributed by atoms with Crippen molar-refractivity contribution in [2.24, 2.45) is 0 Å². The van der Waals surface area contributed by atoms with E-state index in [0.29, 0.717) is 36.8 Å². The van der Waals surface area contributed by atoms with Crippen LogP contribution in [0.5, 0.6) is 5.75 Å². The first-order valence-corrected chi connectivity index (χ1v) is 10.6. The molecule has 1 aromatic heterocycles. The number of ether oxygens (including phenoxy) is 3. The smallest absolute Gasteiger partial charge is 0.407 e. The Balaban J connectivity index is 1.31.